The van der Waals surface area contributed by atoms with Crippen molar-refractivity contribution in [1.29, 1.82) is 0 Å². The molecule has 0 aliphatic heterocycles. The molecule has 0 bridgehead atoms. The zero-order valence-electron chi connectivity index (χ0n) is 18.0. The maximum Gasteiger partial charge on any atom is 0.280 e. The van der Waals surface area contributed by atoms with Crippen LogP contribution in [0.15, 0.2) is 42.5 Å². The minimum atomic E-state index is -2.77. The number of nitro groups is 1. The number of ether oxygens (including phenoxy) is 1. The molecular weight excluding hydrogens is 434 g/mol. The van der Waals surface area contributed by atoms with Crippen molar-refractivity contribution in [2.75, 3.05) is 5.32 Å². The Kier molecular flexibility index (Phi) is 6.08. The molecule has 1 amide bonds. The summed E-state index contributed by atoms with van der Waals surface area (Å²) >= 11 is 0. The second-order valence-electron chi connectivity index (χ2n) is 8.17. The summed E-state index contributed by atoms with van der Waals surface area (Å²) in [5, 5.41) is 18.1. The predicted octanol–water partition coefficient (Wildman–Crippen LogP) is 5.65. The molecule has 0 atom stereocenters. The van der Waals surface area contributed by atoms with Crippen LogP contribution in [-0.2, 0) is 11.3 Å². The number of carbonyl (C=O) groups is 1. The van der Waals surface area contributed by atoms with E-state index in [0.717, 1.165) is 28.7 Å². The van der Waals surface area contributed by atoms with E-state index in [0.29, 0.717) is 11.4 Å². The van der Waals surface area contributed by atoms with Gasteiger partial charge in [-0.05, 0) is 56.0 Å². The molecule has 10 heteroatoms. The van der Waals surface area contributed by atoms with Crippen LogP contribution in [0.5, 0.6) is 11.5 Å². The minimum absolute atomic E-state index is 0.113. The first kappa shape index (κ1) is 22.4. The zero-order chi connectivity index (χ0) is 23.7. The number of non-ortho nitro benzene ring substituents is 1. The molecule has 1 aliphatic rings. The van der Waals surface area contributed by atoms with Crippen LogP contribution in [0.1, 0.15) is 47.7 Å². The van der Waals surface area contributed by atoms with Crippen LogP contribution in [0.25, 0.3) is 0 Å². The number of anilines is 1. The van der Waals surface area contributed by atoms with E-state index in [2.05, 4.69) is 10.4 Å². The lowest BCUT2D eigenvalue weighted by molar-refractivity contribution is -0.384. The molecule has 0 radical (unpaired) electrons. The van der Waals surface area contributed by atoms with Gasteiger partial charge in [-0.2, -0.15) is 5.10 Å². The van der Waals surface area contributed by atoms with Crippen LogP contribution in [0.4, 0.5) is 20.2 Å². The van der Waals surface area contributed by atoms with Crippen molar-refractivity contribution in [2.24, 2.45) is 0 Å². The lowest BCUT2D eigenvalue weighted by Gasteiger charge is -2.11. The zero-order valence-corrected chi connectivity index (χ0v) is 18.0. The van der Waals surface area contributed by atoms with Crippen molar-refractivity contribution in [1.82, 2.24) is 9.78 Å². The second-order valence-corrected chi connectivity index (χ2v) is 8.17. The first-order valence-electron chi connectivity index (χ1n) is 10.4. The van der Waals surface area contributed by atoms with Gasteiger partial charge in [0, 0.05) is 18.1 Å². The highest BCUT2D eigenvalue weighted by Crippen LogP contribution is 2.40. The third kappa shape index (κ3) is 5.51. The molecule has 1 saturated carbocycles. The van der Waals surface area contributed by atoms with Crippen LogP contribution < -0.4 is 10.1 Å². The van der Waals surface area contributed by atoms with E-state index >= 15 is 0 Å². The highest BCUT2D eigenvalue weighted by molar-refractivity contribution is 5.91. The van der Waals surface area contributed by atoms with E-state index in [-0.39, 0.29) is 28.7 Å². The number of aryl methyl sites for hydroxylation is 2. The first-order chi connectivity index (χ1) is 15.7. The fourth-order valence-corrected chi connectivity index (χ4v) is 3.62. The first-order valence-corrected chi connectivity index (χ1v) is 10.4. The lowest BCUT2D eigenvalue weighted by atomic mass is 10.1. The topological polar surface area (TPSA) is 99.3 Å². The molecule has 1 heterocycles. The smallest absolute Gasteiger partial charge is 0.280 e. The molecule has 3 aromatic rings. The summed E-state index contributed by atoms with van der Waals surface area (Å²) in [5.74, 6) is 0.178. The Morgan fingerprint density at radius 2 is 1.82 bits per heavy atom. The highest BCUT2D eigenvalue weighted by atomic mass is 19.3. The van der Waals surface area contributed by atoms with Crippen molar-refractivity contribution in [2.45, 2.75) is 45.6 Å². The number of aromatic nitrogens is 2. The van der Waals surface area contributed by atoms with Crippen molar-refractivity contribution >= 4 is 17.3 Å². The van der Waals surface area contributed by atoms with Gasteiger partial charge in [0.25, 0.3) is 12.1 Å². The normalized spacial score (nSPS) is 13.2. The number of hydrogen-bond acceptors (Lipinski definition) is 5. The van der Waals surface area contributed by atoms with E-state index in [1.165, 1.54) is 24.3 Å². The molecule has 0 unspecified atom stereocenters. The molecule has 1 N–H and O–H groups in total. The molecule has 4 rings (SSSR count). The van der Waals surface area contributed by atoms with Crippen molar-refractivity contribution < 1.29 is 23.2 Å². The van der Waals surface area contributed by atoms with Crippen LogP contribution in [0, 0.1) is 24.0 Å². The number of nitrogens with one attached hydrogen (secondary N) is 1. The van der Waals surface area contributed by atoms with E-state index in [4.69, 9.17) is 4.74 Å². The van der Waals surface area contributed by atoms with Gasteiger partial charge in [0.05, 0.1) is 22.4 Å². The van der Waals surface area contributed by atoms with Crippen LogP contribution in [-0.4, -0.2) is 20.6 Å². The number of alkyl halides is 2. The van der Waals surface area contributed by atoms with Crippen molar-refractivity contribution in [3.63, 3.8) is 0 Å². The number of nitrogens with zero attached hydrogens (tertiary/aromatic N) is 3. The number of halogens is 2. The van der Waals surface area contributed by atoms with Gasteiger partial charge in [0.2, 0.25) is 5.91 Å². The van der Waals surface area contributed by atoms with Gasteiger partial charge in [-0.25, -0.2) is 8.78 Å². The predicted molar refractivity (Wildman–Crippen MR) is 117 cm³/mol. The molecule has 8 nitrogen and oxygen atoms in total. The molecule has 1 aromatic heterocycles. The third-order valence-corrected chi connectivity index (χ3v) is 5.16. The largest absolute Gasteiger partial charge is 0.457 e. The Morgan fingerprint density at radius 3 is 2.42 bits per heavy atom. The van der Waals surface area contributed by atoms with E-state index in [1.54, 1.807) is 12.1 Å². The van der Waals surface area contributed by atoms with Gasteiger partial charge in [0.1, 0.15) is 23.7 Å². The van der Waals surface area contributed by atoms with Gasteiger partial charge < -0.3 is 10.1 Å². The van der Waals surface area contributed by atoms with Gasteiger partial charge >= 0.3 is 0 Å². The van der Waals surface area contributed by atoms with E-state index in [1.807, 2.05) is 19.9 Å². The fourth-order valence-electron chi connectivity index (χ4n) is 3.62. The quantitative estimate of drug-likeness (QED) is 0.349. The SMILES string of the molecule is Cc1cc(C)cc(Oc2cc(NC(=O)Cn3nc(C4CC4)cc3C(F)F)cc([N+](=O)[O-])c2)c1. The van der Waals surface area contributed by atoms with Gasteiger partial charge in [0.15, 0.2) is 0 Å². The standard InChI is InChI=1S/C23H22F2N4O4/c1-13-5-14(2)7-18(6-13)33-19-9-16(8-17(10-19)29(31)32)26-22(30)12-28-21(23(24)25)11-20(27-28)15-3-4-15/h5-11,15,23H,3-4,12H2,1-2H3,(H,26,30). The Hall–Kier alpha value is -3.82. The summed E-state index contributed by atoms with van der Waals surface area (Å²) in [6.07, 6.45) is -0.987. The molecule has 33 heavy (non-hydrogen) atoms. The number of carbonyl (C=O) groups excluding carboxylic acids is 1. The van der Waals surface area contributed by atoms with Gasteiger partial charge in [-0.15, -0.1) is 0 Å². The summed E-state index contributed by atoms with van der Waals surface area (Å²) in [6, 6.07) is 10.7. The monoisotopic (exact) mass is 456 g/mol. The average molecular weight is 456 g/mol. The number of hydrogen-bond donors (Lipinski definition) is 1. The Balaban J connectivity index is 1.54. The minimum Gasteiger partial charge on any atom is -0.457 e. The number of nitro benzene ring substituents is 1. The molecule has 1 aliphatic carbocycles. The summed E-state index contributed by atoms with van der Waals surface area (Å²) in [6.45, 7) is 3.36. The number of amides is 1. The summed E-state index contributed by atoms with van der Waals surface area (Å²) in [7, 11) is 0. The number of benzene rings is 2. The molecule has 0 spiro atoms. The highest BCUT2D eigenvalue weighted by Gasteiger charge is 2.29. The Morgan fingerprint density at radius 1 is 1.15 bits per heavy atom. The van der Waals surface area contributed by atoms with Gasteiger partial charge in [-0.3, -0.25) is 19.6 Å². The second kappa shape index (κ2) is 8.97. The van der Waals surface area contributed by atoms with E-state index in [9.17, 15) is 23.7 Å². The maximum atomic E-state index is 13.4. The third-order valence-electron chi connectivity index (χ3n) is 5.16. The van der Waals surface area contributed by atoms with Crippen LogP contribution in [0.2, 0.25) is 0 Å². The summed E-state index contributed by atoms with van der Waals surface area (Å²) < 4.78 is 33.5. The van der Waals surface area contributed by atoms with Crippen LogP contribution >= 0.6 is 0 Å². The molecule has 1 fully saturated rings. The molecule has 0 saturated heterocycles. The summed E-state index contributed by atoms with van der Waals surface area (Å²) in [5.41, 5.74) is 1.98. The Bertz CT molecular complexity index is 1200. The van der Waals surface area contributed by atoms with Crippen molar-refractivity contribution in [3.8, 4) is 11.5 Å². The van der Waals surface area contributed by atoms with Crippen molar-refractivity contribution in [3.05, 3.63) is 75.1 Å². The molecular formula is C23H22F2N4O4. The summed E-state index contributed by atoms with van der Waals surface area (Å²) in [4.78, 5) is 23.3. The maximum absolute atomic E-state index is 13.4. The Labute approximate surface area is 188 Å². The molecule has 172 valence electrons. The number of rotatable bonds is 8. The van der Waals surface area contributed by atoms with Gasteiger partial charge in [-0.1, -0.05) is 6.07 Å². The molecule has 2 aromatic carbocycles. The average Bonchev–Trinajstić information content (AvgIpc) is 3.47. The fraction of sp³-hybridized carbons (Fsp3) is 0.304. The lowest BCUT2D eigenvalue weighted by Crippen LogP contribution is -2.21. The van der Waals surface area contributed by atoms with E-state index < -0.39 is 23.8 Å². The van der Waals surface area contributed by atoms with Crippen LogP contribution in [0.3, 0.4) is 0 Å².